The Morgan fingerprint density at radius 1 is 1.15 bits per heavy atom. The molecule has 3 aromatic rings. The molecular weight excluding hydrogens is 480 g/mol. The Balaban J connectivity index is 1.59. The summed E-state index contributed by atoms with van der Waals surface area (Å²) in [6, 6.07) is 3.39. The second-order valence-corrected chi connectivity index (χ2v) is 7.96. The van der Waals surface area contributed by atoms with Gasteiger partial charge in [-0.15, -0.1) is 0 Å². The molecule has 2 N–H and O–H groups in total. The maximum Gasteiger partial charge on any atom is 0.335 e. The highest BCUT2D eigenvalue weighted by molar-refractivity contribution is 9.10. The number of hydrogen-bond acceptors (Lipinski definition) is 6. The van der Waals surface area contributed by atoms with Gasteiger partial charge in [0, 0.05) is 36.3 Å². The Bertz CT molecular complexity index is 1030. The van der Waals surface area contributed by atoms with E-state index >= 15 is 0 Å². The molecule has 2 aromatic heterocycles. The number of halogens is 2. The summed E-state index contributed by atoms with van der Waals surface area (Å²) in [5, 5.41) is 17.3. The van der Waals surface area contributed by atoms with Gasteiger partial charge in [-0.25, -0.2) is 14.8 Å². The number of nitrogens with one attached hydrogen (secondary N) is 1. The van der Waals surface area contributed by atoms with Crippen molar-refractivity contribution < 1.29 is 9.90 Å². The lowest BCUT2D eigenvalue weighted by Crippen LogP contribution is -2.47. The van der Waals surface area contributed by atoms with Gasteiger partial charge in [0.05, 0.1) is 10.9 Å². The molecular formula is C17H16Br2N6O2. The van der Waals surface area contributed by atoms with Gasteiger partial charge in [0.15, 0.2) is 5.65 Å². The van der Waals surface area contributed by atoms with Gasteiger partial charge in [0.25, 0.3) is 0 Å². The van der Waals surface area contributed by atoms with Crippen LogP contribution in [0.3, 0.4) is 0 Å². The van der Waals surface area contributed by atoms with Crippen molar-refractivity contribution in [2.45, 2.75) is 6.92 Å². The van der Waals surface area contributed by atoms with Crippen molar-refractivity contribution in [3.8, 4) is 0 Å². The molecule has 0 amide bonds. The van der Waals surface area contributed by atoms with E-state index < -0.39 is 5.97 Å². The van der Waals surface area contributed by atoms with Crippen LogP contribution in [0.2, 0.25) is 0 Å². The lowest BCUT2D eigenvalue weighted by molar-refractivity contribution is 0.0697. The largest absolute Gasteiger partial charge is 0.478 e. The minimum absolute atomic E-state index is 0.282. The van der Waals surface area contributed by atoms with E-state index in [0.29, 0.717) is 5.65 Å². The highest BCUT2D eigenvalue weighted by Crippen LogP contribution is 2.32. The number of carboxylic acids is 1. The molecule has 1 aliphatic heterocycles. The fourth-order valence-corrected chi connectivity index (χ4v) is 4.21. The van der Waals surface area contributed by atoms with Crippen LogP contribution in [0, 0.1) is 6.92 Å². The zero-order valence-electron chi connectivity index (χ0n) is 14.4. The van der Waals surface area contributed by atoms with Crippen LogP contribution < -0.4 is 9.80 Å². The Labute approximate surface area is 171 Å². The minimum atomic E-state index is -0.927. The van der Waals surface area contributed by atoms with Crippen LogP contribution in [-0.4, -0.2) is 57.4 Å². The molecule has 0 saturated carbocycles. The first-order chi connectivity index (χ1) is 13.0. The van der Waals surface area contributed by atoms with E-state index in [-0.39, 0.29) is 5.56 Å². The molecule has 0 bridgehead atoms. The molecule has 0 atom stereocenters. The molecule has 0 aliphatic carbocycles. The number of aromatic carboxylic acids is 1. The van der Waals surface area contributed by atoms with Crippen LogP contribution in [0.25, 0.3) is 11.0 Å². The molecule has 1 aliphatic rings. The van der Waals surface area contributed by atoms with Gasteiger partial charge in [-0.1, -0.05) is 15.9 Å². The van der Waals surface area contributed by atoms with Crippen LogP contribution in [0.15, 0.2) is 27.5 Å². The van der Waals surface area contributed by atoms with Crippen LogP contribution >= 0.6 is 31.9 Å². The van der Waals surface area contributed by atoms with Crippen molar-refractivity contribution in [1.29, 1.82) is 0 Å². The van der Waals surface area contributed by atoms with Crippen molar-refractivity contribution in [3.63, 3.8) is 0 Å². The smallest absolute Gasteiger partial charge is 0.335 e. The van der Waals surface area contributed by atoms with E-state index in [2.05, 4.69) is 61.8 Å². The van der Waals surface area contributed by atoms with Crippen molar-refractivity contribution in [1.82, 2.24) is 20.2 Å². The quantitative estimate of drug-likeness (QED) is 0.575. The zero-order chi connectivity index (χ0) is 19.1. The summed E-state index contributed by atoms with van der Waals surface area (Å²) < 4.78 is 1.57. The first-order valence-electron chi connectivity index (χ1n) is 8.33. The number of aromatic nitrogens is 4. The van der Waals surface area contributed by atoms with Gasteiger partial charge in [-0.3, -0.25) is 5.10 Å². The van der Waals surface area contributed by atoms with Gasteiger partial charge in [0.2, 0.25) is 0 Å². The van der Waals surface area contributed by atoms with Crippen LogP contribution in [0.5, 0.6) is 0 Å². The predicted molar refractivity (Wildman–Crippen MR) is 110 cm³/mol. The molecule has 0 radical (unpaired) electrons. The van der Waals surface area contributed by atoms with Gasteiger partial charge >= 0.3 is 5.97 Å². The van der Waals surface area contributed by atoms with Crippen LogP contribution in [0.4, 0.5) is 11.5 Å². The van der Waals surface area contributed by atoms with E-state index in [9.17, 15) is 9.90 Å². The van der Waals surface area contributed by atoms with Gasteiger partial charge < -0.3 is 14.9 Å². The SMILES string of the molecule is Cc1c(Br)cc(C(=O)O)cc1N1CCN(c2ncnc3n[nH]c(Br)c23)CC1. The number of carbonyl (C=O) groups is 1. The van der Waals surface area contributed by atoms with Gasteiger partial charge in [-0.05, 0) is 40.5 Å². The molecule has 10 heteroatoms. The molecule has 0 unspecified atom stereocenters. The minimum Gasteiger partial charge on any atom is -0.478 e. The molecule has 1 aromatic carbocycles. The van der Waals surface area contributed by atoms with Crippen LogP contribution in [-0.2, 0) is 0 Å². The standard InChI is InChI=1S/C17H16Br2N6O2/c1-9-11(18)6-10(17(26)27)7-12(9)24-2-4-25(5-3-24)16-13-14(19)22-23-15(13)20-8-21-16/h6-8H,2-5H2,1H3,(H,26,27)(H,20,21,22,23). The number of carboxylic acid groups (broad SMARTS) is 1. The molecule has 1 fully saturated rings. The van der Waals surface area contributed by atoms with E-state index in [0.717, 1.165) is 57.7 Å². The Hall–Kier alpha value is -2.20. The Morgan fingerprint density at radius 3 is 2.56 bits per heavy atom. The van der Waals surface area contributed by atoms with E-state index in [4.69, 9.17) is 0 Å². The molecule has 0 spiro atoms. The Kier molecular flexibility index (Phi) is 4.77. The highest BCUT2D eigenvalue weighted by atomic mass is 79.9. The zero-order valence-corrected chi connectivity index (χ0v) is 17.6. The fraction of sp³-hybridized carbons (Fsp3) is 0.294. The average Bonchev–Trinajstić information content (AvgIpc) is 3.05. The molecule has 3 heterocycles. The number of aromatic amines is 1. The summed E-state index contributed by atoms with van der Waals surface area (Å²) in [7, 11) is 0. The third kappa shape index (κ3) is 3.27. The van der Waals surface area contributed by atoms with Gasteiger partial charge in [-0.2, -0.15) is 5.10 Å². The summed E-state index contributed by atoms with van der Waals surface area (Å²) in [5.74, 6) is -0.0822. The van der Waals surface area contributed by atoms with E-state index in [1.54, 1.807) is 12.1 Å². The monoisotopic (exact) mass is 494 g/mol. The lowest BCUT2D eigenvalue weighted by Gasteiger charge is -2.37. The summed E-state index contributed by atoms with van der Waals surface area (Å²) in [6.45, 7) is 5.04. The van der Waals surface area contributed by atoms with Crippen molar-refractivity contribution >= 4 is 60.4 Å². The summed E-state index contributed by atoms with van der Waals surface area (Å²) >= 11 is 6.95. The fourth-order valence-electron chi connectivity index (χ4n) is 3.32. The van der Waals surface area contributed by atoms with Crippen molar-refractivity contribution in [3.05, 3.63) is 38.7 Å². The average molecular weight is 496 g/mol. The summed E-state index contributed by atoms with van der Waals surface area (Å²) in [6.07, 6.45) is 1.52. The summed E-state index contributed by atoms with van der Waals surface area (Å²) in [4.78, 5) is 24.4. The first-order valence-corrected chi connectivity index (χ1v) is 9.92. The number of rotatable bonds is 3. The maximum absolute atomic E-state index is 11.4. The van der Waals surface area contributed by atoms with E-state index in [1.807, 2.05) is 6.92 Å². The van der Waals surface area contributed by atoms with Crippen LogP contribution in [0.1, 0.15) is 15.9 Å². The van der Waals surface area contributed by atoms with E-state index in [1.165, 1.54) is 6.33 Å². The molecule has 4 rings (SSSR count). The number of piperazine rings is 1. The number of hydrogen-bond donors (Lipinski definition) is 2. The second kappa shape index (κ2) is 7.08. The number of anilines is 2. The third-order valence-electron chi connectivity index (χ3n) is 4.77. The van der Waals surface area contributed by atoms with Crippen molar-refractivity contribution in [2.24, 2.45) is 0 Å². The molecule has 1 saturated heterocycles. The normalized spacial score (nSPS) is 14.8. The predicted octanol–water partition coefficient (Wildman–Crippen LogP) is 3.21. The van der Waals surface area contributed by atoms with Crippen molar-refractivity contribution in [2.75, 3.05) is 36.0 Å². The first kappa shape index (κ1) is 18.2. The maximum atomic E-state index is 11.4. The highest BCUT2D eigenvalue weighted by Gasteiger charge is 2.24. The number of fused-ring (bicyclic) bond motifs is 1. The molecule has 8 nitrogen and oxygen atoms in total. The number of benzene rings is 1. The number of nitrogens with zero attached hydrogens (tertiary/aromatic N) is 5. The summed E-state index contributed by atoms with van der Waals surface area (Å²) in [5.41, 5.74) is 2.89. The topological polar surface area (TPSA) is 98.2 Å². The third-order valence-corrected chi connectivity index (χ3v) is 6.17. The van der Waals surface area contributed by atoms with Gasteiger partial charge in [0.1, 0.15) is 16.7 Å². The molecule has 140 valence electrons. The Morgan fingerprint density at radius 2 is 1.85 bits per heavy atom. The lowest BCUT2D eigenvalue weighted by atomic mass is 10.1. The second-order valence-electron chi connectivity index (χ2n) is 6.31. The number of H-pyrrole nitrogens is 1. The molecule has 27 heavy (non-hydrogen) atoms.